The number of hydrogen-bond donors (Lipinski definition) is 0. The van der Waals surface area contributed by atoms with Gasteiger partial charge in [-0.2, -0.15) is 0 Å². The fourth-order valence-electron chi connectivity index (χ4n) is 12.7. The molecule has 0 radical (unpaired) electrons. The van der Waals surface area contributed by atoms with Gasteiger partial charge in [0.25, 0.3) is 0 Å². The van der Waals surface area contributed by atoms with Crippen LogP contribution in [0.2, 0.25) is 0 Å². The van der Waals surface area contributed by atoms with E-state index in [1.54, 1.807) is 0 Å². The molecule has 0 bridgehead atoms. The maximum absolute atomic E-state index is 2.55. The van der Waals surface area contributed by atoms with E-state index in [1.807, 2.05) is 22.7 Å². The summed E-state index contributed by atoms with van der Waals surface area (Å²) in [5, 5.41) is 10.2. The van der Waals surface area contributed by atoms with Crippen LogP contribution in [0, 0.1) is 0 Å². The standard InChI is InChI=1S/C68H48N2S2/c1-67(2)53-25-13-15-27-57(53)69(59-39-63-49(37-55(59)67)45-23-11-17-29-61(45)71-63)43-31-33-47-51(35-43)65(41-19-7-5-8-20-41)48-34-32-44(36-52(48)66(47)42-21-9-6-10-22-42)70-58-28-16-14-26-54(58)68(3,4)56-38-50-46-24-12-18-30-62(46)72-64(50)40-60(56)70/h5-40H,1-4H3. The smallest absolute Gasteiger partial charge is 0.0517 e. The zero-order valence-corrected chi connectivity index (χ0v) is 42.1. The van der Waals surface area contributed by atoms with E-state index in [-0.39, 0.29) is 10.8 Å². The summed E-state index contributed by atoms with van der Waals surface area (Å²) in [4.78, 5) is 5.09. The van der Waals surface area contributed by atoms with Crippen molar-refractivity contribution in [1.29, 1.82) is 0 Å². The monoisotopic (exact) mass is 956 g/mol. The van der Waals surface area contributed by atoms with E-state index in [0.717, 1.165) is 11.4 Å². The van der Waals surface area contributed by atoms with Crippen LogP contribution in [0.15, 0.2) is 218 Å². The van der Waals surface area contributed by atoms with Gasteiger partial charge in [0, 0.05) is 62.5 Å². The first-order valence-electron chi connectivity index (χ1n) is 25.1. The van der Waals surface area contributed by atoms with Crippen molar-refractivity contribution in [2.24, 2.45) is 0 Å². The summed E-state index contributed by atoms with van der Waals surface area (Å²) in [6, 6.07) is 82.5. The molecule has 72 heavy (non-hydrogen) atoms. The van der Waals surface area contributed by atoms with Crippen LogP contribution in [-0.2, 0) is 10.8 Å². The first kappa shape index (κ1) is 41.7. The molecule has 0 fully saturated rings. The SMILES string of the molecule is CC1(C)c2ccccc2N(c2ccc3c(-c4ccccc4)c4cc(N5c6ccccc6C(C)(C)c6cc7c(cc65)sc5ccccc57)ccc4c(-c4ccccc4)c3c2)c2cc3sc4ccccc4c3cc21. The highest BCUT2D eigenvalue weighted by atomic mass is 32.1. The highest BCUT2D eigenvalue weighted by molar-refractivity contribution is 7.26. The number of thiophene rings is 2. The van der Waals surface area contributed by atoms with Gasteiger partial charge < -0.3 is 9.80 Å². The zero-order chi connectivity index (χ0) is 48.0. The molecule has 0 saturated heterocycles. The summed E-state index contributed by atoms with van der Waals surface area (Å²) >= 11 is 3.78. The molecule has 11 aromatic carbocycles. The van der Waals surface area contributed by atoms with Crippen LogP contribution in [0.5, 0.6) is 0 Å². The number of fused-ring (bicyclic) bond motifs is 12. The lowest BCUT2D eigenvalue weighted by molar-refractivity contribution is 0.633. The third kappa shape index (κ3) is 5.88. The minimum absolute atomic E-state index is 0.213. The van der Waals surface area contributed by atoms with Crippen molar-refractivity contribution in [2.45, 2.75) is 38.5 Å². The largest absolute Gasteiger partial charge is 0.310 e. The second-order valence-electron chi connectivity index (χ2n) is 20.8. The molecule has 15 rings (SSSR count). The predicted octanol–water partition coefficient (Wildman–Crippen LogP) is 20.3. The van der Waals surface area contributed by atoms with Crippen molar-refractivity contribution in [3.8, 4) is 22.3 Å². The Morgan fingerprint density at radius 1 is 0.278 bits per heavy atom. The maximum atomic E-state index is 2.55. The fraction of sp³-hybridized carbons (Fsp3) is 0.0882. The van der Waals surface area contributed by atoms with Crippen molar-refractivity contribution in [1.82, 2.24) is 0 Å². The summed E-state index contributed by atoms with van der Waals surface area (Å²) in [6.45, 7) is 9.59. The van der Waals surface area contributed by atoms with E-state index in [2.05, 4.69) is 256 Å². The van der Waals surface area contributed by atoms with E-state index >= 15 is 0 Å². The van der Waals surface area contributed by atoms with Crippen LogP contribution in [0.3, 0.4) is 0 Å². The molecule has 0 amide bonds. The molecule has 13 aromatic rings. The Hall–Kier alpha value is -8.02. The van der Waals surface area contributed by atoms with Crippen molar-refractivity contribution in [2.75, 3.05) is 9.80 Å². The van der Waals surface area contributed by atoms with Crippen molar-refractivity contribution >= 4 is 119 Å². The molecule has 2 aliphatic rings. The van der Waals surface area contributed by atoms with Gasteiger partial charge in [0.2, 0.25) is 0 Å². The van der Waals surface area contributed by atoms with Gasteiger partial charge in [-0.15, -0.1) is 22.7 Å². The second kappa shape index (κ2) is 15.2. The van der Waals surface area contributed by atoms with Gasteiger partial charge in [-0.05, 0) is 139 Å². The molecule has 2 aliphatic heterocycles. The highest BCUT2D eigenvalue weighted by Gasteiger charge is 2.39. The number of anilines is 6. The lowest BCUT2D eigenvalue weighted by atomic mass is 9.73. The molecule has 342 valence electrons. The van der Waals surface area contributed by atoms with E-state index in [0.29, 0.717) is 0 Å². The zero-order valence-electron chi connectivity index (χ0n) is 40.5. The Bertz CT molecular complexity index is 4120. The lowest BCUT2D eigenvalue weighted by Gasteiger charge is -2.42. The Morgan fingerprint density at radius 2 is 0.667 bits per heavy atom. The predicted molar refractivity (Wildman–Crippen MR) is 312 cm³/mol. The third-order valence-corrected chi connectivity index (χ3v) is 18.4. The number of rotatable bonds is 4. The molecular formula is C68H48N2S2. The van der Waals surface area contributed by atoms with E-state index in [1.165, 1.54) is 129 Å². The molecule has 0 spiro atoms. The number of hydrogen-bond acceptors (Lipinski definition) is 4. The van der Waals surface area contributed by atoms with Crippen LogP contribution < -0.4 is 9.80 Å². The Labute approximate surface area is 427 Å². The molecule has 2 nitrogen and oxygen atoms in total. The van der Waals surface area contributed by atoms with E-state index in [4.69, 9.17) is 0 Å². The topological polar surface area (TPSA) is 6.48 Å². The van der Waals surface area contributed by atoms with E-state index in [9.17, 15) is 0 Å². The second-order valence-corrected chi connectivity index (χ2v) is 23.0. The van der Waals surface area contributed by atoms with Crippen molar-refractivity contribution in [3.05, 3.63) is 241 Å². The number of nitrogens with zero attached hydrogens (tertiary/aromatic N) is 2. The molecule has 4 heterocycles. The minimum atomic E-state index is -0.213. The average Bonchev–Trinajstić information content (AvgIpc) is 3.97. The quantitative estimate of drug-likeness (QED) is 0.162. The molecule has 0 saturated carbocycles. The van der Waals surface area contributed by atoms with Gasteiger partial charge >= 0.3 is 0 Å². The van der Waals surface area contributed by atoms with Gasteiger partial charge in [0.05, 0.1) is 22.7 Å². The molecular weight excluding hydrogens is 909 g/mol. The van der Waals surface area contributed by atoms with E-state index < -0.39 is 0 Å². The summed E-state index contributed by atoms with van der Waals surface area (Å²) in [6.07, 6.45) is 0. The van der Waals surface area contributed by atoms with Crippen molar-refractivity contribution < 1.29 is 0 Å². The molecule has 0 unspecified atom stereocenters. The molecule has 4 heteroatoms. The molecule has 0 N–H and O–H groups in total. The summed E-state index contributed by atoms with van der Waals surface area (Å²) < 4.78 is 5.27. The van der Waals surface area contributed by atoms with Gasteiger partial charge in [-0.1, -0.05) is 173 Å². The molecule has 0 aliphatic carbocycles. The molecule has 2 aromatic heterocycles. The van der Waals surface area contributed by atoms with Crippen LogP contribution in [0.1, 0.15) is 49.9 Å². The van der Waals surface area contributed by atoms with Crippen molar-refractivity contribution in [3.63, 3.8) is 0 Å². The lowest BCUT2D eigenvalue weighted by Crippen LogP contribution is -2.30. The normalized spacial score (nSPS) is 14.6. The van der Waals surface area contributed by atoms with Crippen LogP contribution in [-0.4, -0.2) is 0 Å². The summed E-state index contributed by atoms with van der Waals surface area (Å²) in [7, 11) is 0. The Balaban J connectivity index is 1.01. The summed E-state index contributed by atoms with van der Waals surface area (Å²) in [5.41, 5.74) is 17.0. The highest BCUT2D eigenvalue weighted by Crippen LogP contribution is 2.58. The first-order chi connectivity index (χ1) is 35.2. The number of para-hydroxylation sites is 2. The van der Waals surface area contributed by atoms with Gasteiger partial charge in [0.1, 0.15) is 0 Å². The van der Waals surface area contributed by atoms with Crippen LogP contribution >= 0.6 is 22.7 Å². The first-order valence-corrected chi connectivity index (χ1v) is 26.7. The fourth-order valence-corrected chi connectivity index (χ4v) is 14.9. The number of benzene rings is 11. The van der Waals surface area contributed by atoms with Crippen LogP contribution in [0.25, 0.3) is 84.1 Å². The molecule has 0 atom stereocenters. The Kier molecular flexibility index (Phi) is 8.84. The third-order valence-electron chi connectivity index (χ3n) is 16.2. The van der Waals surface area contributed by atoms with Gasteiger partial charge in [-0.25, -0.2) is 0 Å². The van der Waals surface area contributed by atoms with Gasteiger partial charge in [0.15, 0.2) is 0 Å². The average molecular weight is 957 g/mol. The maximum Gasteiger partial charge on any atom is 0.0517 e. The Morgan fingerprint density at radius 3 is 1.11 bits per heavy atom. The summed E-state index contributed by atoms with van der Waals surface area (Å²) in [5.74, 6) is 0. The minimum Gasteiger partial charge on any atom is -0.310 e. The van der Waals surface area contributed by atoms with Gasteiger partial charge in [-0.3, -0.25) is 0 Å². The van der Waals surface area contributed by atoms with Crippen LogP contribution in [0.4, 0.5) is 34.1 Å².